The van der Waals surface area contributed by atoms with Gasteiger partial charge in [-0.05, 0) is 23.8 Å². The van der Waals surface area contributed by atoms with E-state index in [4.69, 9.17) is 5.11 Å². The molecular weight excluding hydrogens is 225 g/mol. The van der Waals surface area contributed by atoms with Gasteiger partial charge >= 0.3 is 6.09 Å². The van der Waals surface area contributed by atoms with Crippen LogP contribution in [-0.2, 0) is 4.79 Å². The Labute approximate surface area is 97.0 Å². The SMILES string of the molecule is O=C1C=CN(C(=O)O)[C@H](c2ccc(F)cc2)C1. The highest BCUT2D eigenvalue weighted by Gasteiger charge is 2.28. The summed E-state index contributed by atoms with van der Waals surface area (Å²) in [6, 6.07) is 4.90. The van der Waals surface area contributed by atoms with E-state index >= 15 is 0 Å². The molecule has 0 saturated carbocycles. The summed E-state index contributed by atoms with van der Waals surface area (Å²) in [5.74, 6) is -0.537. The average molecular weight is 235 g/mol. The number of allylic oxidation sites excluding steroid dienone is 1. The van der Waals surface area contributed by atoms with Gasteiger partial charge in [0.15, 0.2) is 5.78 Å². The van der Waals surface area contributed by atoms with Crippen LogP contribution in [0.25, 0.3) is 0 Å². The first-order valence-electron chi connectivity index (χ1n) is 5.05. The fourth-order valence-electron chi connectivity index (χ4n) is 1.78. The summed E-state index contributed by atoms with van der Waals surface area (Å²) < 4.78 is 12.8. The van der Waals surface area contributed by atoms with Gasteiger partial charge in [-0.3, -0.25) is 9.69 Å². The lowest BCUT2D eigenvalue weighted by Gasteiger charge is -2.28. The fraction of sp³-hybridized carbons (Fsp3) is 0.167. The quantitative estimate of drug-likeness (QED) is 0.812. The molecule has 0 fully saturated rings. The molecule has 1 amide bonds. The monoisotopic (exact) mass is 235 g/mol. The molecule has 4 nitrogen and oxygen atoms in total. The molecule has 0 saturated heterocycles. The Morgan fingerprint density at radius 3 is 2.59 bits per heavy atom. The number of rotatable bonds is 1. The third kappa shape index (κ3) is 2.33. The number of amides is 1. The summed E-state index contributed by atoms with van der Waals surface area (Å²) in [5.41, 5.74) is 0.603. The zero-order valence-electron chi connectivity index (χ0n) is 8.84. The van der Waals surface area contributed by atoms with Crippen molar-refractivity contribution in [1.29, 1.82) is 0 Å². The van der Waals surface area contributed by atoms with E-state index < -0.39 is 18.0 Å². The molecule has 0 unspecified atom stereocenters. The van der Waals surface area contributed by atoms with E-state index in [9.17, 15) is 14.0 Å². The topological polar surface area (TPSA) is 57.6 Å². The third-order valence-electron chi connectivity index (χ3n) is 2.63. The first kappa shape index (κ1) is 11.3. The summed E-state index contributed by atoms with van der Waals surface area (Å²) in [5, 5.41) is 9.00. The first-order valence-corrected chi connectivity index (χ1v) is 5.05. The number of carbonyl (C=O) groups is 2. The van der Waals surface area contributed by atoms with Crippen LogP contribution >= 0.6 is 0 Å². The zero-order chi connectivity index (χ0) is 12.4. The van der Waals surface area contributed by atoms with E-state index in [2.05, 4.69) is 0 Å². The molecule has 1 N–H and O–H groups in total. The van der Waals surface area contributed by atoms with Crippen LogP contribution in [0, 0.1) is 5.82 Å². The molecular formula is C12H10FNO3. The van der Waals surface area contributed by atoms with Crippen LogP contribution in [0.3, 0.4) is 0 Å². The van der Waals surface area contributed by atoms with Crippen LogP contribution in [0.5, 0.6) is 0 Å². The van der Waals surface area contributed by atoms with Gasteiger partial charge in [0.05, 0.1) is 6.04 Å². The molecule has 5 heteroatoms. The number of ketones is 1. The number of hydrogen-bond acceptors (Lipinski definition) is 2. The van der Waals surface area contributed by atoms with Crippen molar-refractivity contribution in [3.05, 3.63) is 47.9 Å². The second kappa shape index (κ2) is 4.37. The second-order valence-corrected chi connectivity index (χ2v) is 3.74. The van der Waals surface area contributed by atoms with Gasteiger partial charge in [-0.2, -0.15) is 0 Å². The molecule has 0 aromatic heterocycles. The highest BCUT2D eigenvalue weighted by molar-refractivity contribution is 5.92. The van der Waals surface area contributed by atoms with Crippen molar-refractivity contribution in [3.8, 4) is 0 Å². The van der Waals surface area contributed by atoms with E-state index in [0.717, 1.165) is 4.90 Å². The van der Waals surface area contributed by atoms with Gasteiger partial charge < -0.3 is 5.11 Å². The van der Waals surface area contributed by atoms with Gasteiger partial charge in [0, 0.05) is 12.6 Å². The Bertz CT molecular complexity index is 481. The predicted octanol–water partition coefficient (Wildman–Crippen LogP) is 2.33. The number of carboxylic acid groups (broad SMARTS) is 1. The minimum Gasteiger partial charge on any atom is -0.465 e. The molecule has 1 heterocycles. The van der Waals surface area contributed by atoms with E-state index in [-0.39, 0.29) is 12.2 Å². The smallest absolute Gasteiger partial charge is 0.411 e. The first-order chi connectivity index (χ1) is 8.08. The van der Waals surface area contributed by atoms with E-state index in [0.29, 0.717) is 5.56 Å². The minimum atomic E-state index is -1.14. The van der Waals surface area contributed by atoms with Crippen molar-refractivity contribution < 1.29 is 19.1 Å². The zero-order valence-corrected chi connectivity index (χ0v) is 8.84. The predicted molar refractivity (Wildman–Crippen MR) is 57.8 cm³/mol. The van der Waals surface area contributed by atoms with Crippen molar-refractivity contribution in [1.82, 2.24) is 4.90 Å². The van der Waals surface area contributed by atoms with Crippen LogP contribution in [0.2, 0.25) is 0 Å². The van der Waals surface area contributed by atoms with Gasteiger partial charge in [-0.15, -0.1) is 0 Å². The van der Waals surface area contributed by atoms with Crippen LogP contribution in [0.4, 0.5) is 9.18 Å². The van der Waals surface area contributed by atoms with Crippen LogP contribution in [-0.4, -0.2) is 21.9 Å². The normalized spacial score (nSPS) is 19.5. The number of halogens is 1. The Balaban J connectivity index is 2.34. The van der Waals surface area contributed by atoms with Crippen LogP contribution in [0.15, 0.2) is 36.5 Å². The molecule has 1 aromatic carbocycles. The molecule has 2 rings (SSSR count). The Hall–Kier alpha value is -2.17. The average Bonchev–Trinajstić information content (AvgIpc) is 2.29. The van der Waals surface area contributed by atoms with Gasteiger partial charge in [-0.25, -0.2) is 9.18 Å². The third-order valence-corrected chi connectivity index (χ3v) is 2.63. The lowest BCUT2D eigenvalue weighted by atomic mass is 9.98. The van der Waals surface area contributed by atoms with E-state index in [1.165, 1.54) is 36.5 Å². The van der Waals surface area contributed by atoms with Crippen molar-refractivity contribution in [2.45, 2.75) is 12.5 Å². The molecule has 1 aromatic rings. The molecule has 0 bridgehead atoms. The molecule has 88 valence electrons. The molecule has 0 radical (unpaired) electrons. The van der Waals surface area contributed by atoms with Crippen molar-refractivity contribution in [3.63, 3.8) is 0 Å². The summed E-state index contributed by atoms with van der Waals surface area (Å²) in [4.78, 5) is 23.4. The Morgan fingerprint density at radius 1 is 1.35 bits per heavy atom. The van der Waals surface area contributed by atoms with E-state index in [1.807, 2.05) is 0 Å². The Morgan fingerprint density at radius 2 is 2.00 bits per heavy atom. The number of hydrogen-bond donors (Lipinski definition) is 1. The lowest BCUT2D eigenvalue weighted by Crippen LogP contribution is -2.33. The van der Waals surface area contributed by atoms with Crippen LogP contribution < -0.4 is 0 Å². The van der Waals surface area contributed by atoms with Gasteiger partial charge in [0.1, 0.15) is 5.82 Å². The number of carbonyl (C=O) groups excluding carboxylic acids is 1. The summed E-state index contributed by atoms with van der Waals surface area (Å²) >= 11 is 0. The van der Waals surface area contributed by atoms with Gasteiger partial charge in [0.2, 0.25) is 0 Å². The highest BCUT2D eigenvalue weighted by atomic mass is 19.1. The molecule has 1 atom stereocenters. The molecule has 0 aliphatic carbocycles. The molecule has 17 heavy (non-hydrogen) atoms. The minimum absolute atomic E-state index is 0.0778. The van der Waals surface area contributed by atoms with Crippen molar-refractivity contribution in [2.24, 2.45) is 0 Å². The summed E-state index contributed by atoms with van der Waals surface area (Å²) in [7, 11) is 0. The maximum atomic E-state index is 12.8. The maximum Gasteiger partial charge on any atom is 0.411 e. The van der Waals surface area contributed by atoms with Crippen molar-refractivity contribution >= 4 is 11.9 Å². The number of nitrogens with zero attached hydrogens (tertiary/aromatic N) is 1. The van der Waals surface area contributed by atoms with Crippen LogP contribution in [0.1, 0.15) is 18.0 Å². The van der Waals surface area contributed by atoms with Gasteiger partial charge in [-0.1, -0.05) is 12.1 Å². The van der Waals surface area contributed by atoms with E-state index in [1.54, 1.807) is 0 Å². The maximum absolute atomic E-state index is 12.8. The summed E-state index contributed by atoms with van der Waals surface area (Å²) in [6.45, 7) is 0. The van der Waals surface area contributed by atoms with Gasteiger partial charge in [0.25, 0.3) is 0 Å². The van der Waals surface area contributed by atoms with Crippen molar-refractivity contribution in [2.75, 3.05) is 0 Å². The molecule has 1 aliphatic rings. The summed E-state index contributed by atoms with van der Waals surface area (Å²) in [6.07, 6.45) is 1.41. The second-order valence-electron chi connectivity index (χ2n) is 3.74. The fourth-order valence-corrected chi connectivity index (χ4v) is 1.78. The lowest BCUT2D eigenvalue weighted by molar-refractivity contribution is -0.116. The standard InChI is InChI=1S/C12H10FNO3/c13-9-3-1-8(2-4-9)11-7-10(15)5-6-14(11)12(16)17/h1-6,11H,7H2,(H,16,17)/t11-/m0/s1. The number of benzene rings is 1. The largest absolute Gasteiger partial charge is 0.465 e. The Kier molecular flexibility index (Phi) is 2.91. The highest BCUT2D eigenvalue weighted by Crippen LogP contribution is 2.28. The molecule has 0 spiro atoms. The molecule has 1 aliphatic heterocycles.